The van der Waals surface area contributed by atoms with Crippen molar-refractivity contribution in [2.24, 2.45) is 0 Å². The van der Waals surface area contributed by atoms with Gasteiger partial charge in [0.15, 0.2) is 0 Å². The Balaban J connectivity index is 0.986. The van der Waals surface area contributed by atoms with Gasteiger partial charge in [-0.2, -0.15) is 0 Å². The van der Waals surface area contributed by atoms with Crippen molar-refractivity contribution in [1.82, 2.24) is 19.8 Å². The van der Waals surface area contributed by atoms with Gasteiger partial charge in [-0.05, 0) is 86.6 Å². The normalized spacial score (nSPS) is 19.8. The first-order chi connectivity index (χ1) is 17.6. The highest BCUT2D eigenvalue weighted by Gasteiger charge is 2.40. The lowest BCUT2D eigenvalue weighted by Gasteiger charge is -2.32. The summed E-state index contributed by atoms with van der Waals surface area (Å²) in [4.78, 5) is 36.1. The fourth-order valence-corrected chi connectivity index (χ4v) is 6.07. The van der Waals surface area contributed by atoms with Crippen LogP contribution in [0.2, 0.25) is 0 Å². The van der Waals surface area contributed by atoms with E-state index in [4.69, 9.17) is 0 Å². The van der Waals surface area contributed by atoms with Crippen molar-refractivity contribution in [3.8, 4) is 0 Å². The first-order valence-corrected chi connectivity index (χ1v) is 13.0. The molecule has 6 nitrogen and oxygen atoms in total. The van der Waals surface area contributed by atoms with E-state index in [2.05, 4.69) is 14.9 Å². The summed E-state index contributed by atoms with van der Waals surface area (Å²) < 4.78 is 13.7. The van der Waals surface area contributed by atoms with Gasteiger partial charge in [0.05, 0.1) is 5.92 Å². The number of nitrogens with zero attached hydrogens (tertiary/aromatic N) is 2. The van der Waals surface area contributed by atoms with Crippen LogP contribution in [0.4, 0.5) is 4.39 Å². The van der Waals surface area contributed by atoms with Crippen molar-refractivity contribution in [3.63, 3.8) is 0 Å². The Hall–Kier alpha value is -3.45. The maximum absolute atomic E-state index is 13.7. The number of hydrogen-bond donors (Lipinski definition) is 2. The Morgan fingerprint density at radius 2 is 1.58 bits per heavy atom. The molecule has 2 amide bonds. The number of unbranched alkanes of at least 4 members (excludes halogenated alkanes) is 1. The number of carbonyl (C=O) groups is 2. The maximum atomic E-state index is 13.7. The number of aromatic nitrogens is 2. The summed E-state index contributed by atoms with van der Waals surface area (Å²) >= 11 is 0. The summed E-state index contributed by atoms with van der Waals surface area (Å²) in [6.45, 7) is 3.49. The number of halogens is 1. The lowest BCUT2D eigenvalue weighted by atomic mass is 9.89. The summed E-state index contributed by atoms with van der Waals surface area (Å²) in [7, 11) is 0. The van der Waals surface area contributed by atoms with E-state index in [1.165, 1.54) is 16.5 Å². The smallest absolute Gasteiger partial charge is 0.237 e. The minimum absolute atomic E-state index is 0.0636. The van der Waals surface area contributed by atoms with E-state index in [1.807, 2.05) is 42.7 Å². The number of fused-ring (bicyclic) bond motifs is 2. The van der Waals surface area contributed by atoms with Crippen LogP contribution in [0.1, 0.15) is 55.1 Å². The second-order valence-electron chi connectivity index (χ2n) is 10.2. The number of aromatic amines is 2. The van der Waals surface area contributed by atoms with Gasteiger partial charge in [-0.15, -0.1) is 0 Å². The van der Waals surface area contributed by atoms with Crippen LogP contribution < -0.4 is 0 Å². The minimum Gasteiger partial charge on any atom is -0.361 e. The van der Waals surface area contributed by atoms with Gasteiger partial charge >= 0.3 is 0 Å². The Morgan fingerprint density at radius 3 is 2.42 bits per heavy atom. The molecule has 2 aliphatic rings. The largest absolute Gasteiger partial charge is 0.361 e. The van der Waals surface area contributed by atoms with Crippen molar-refractivity contribution in [2.75, 3.05) is 26.2 Å². The van der Waals surface area contributed by atoms with E-state index in [0.717, 1.165) is 72.7 Å². The number of piperidine rings is 1. The Labute approximate surface area is 209 Å². The molecule has 2 N–H and O–H groups in total. The Bertz CT molecular complexity index is 1420. The number of H-pyrrole nitrogens is 2. The van der Waals surface area contributed by atoms with Gasteiger partial charge < -0.3 is 14.9 Å². The molecule has 4 heterocycles. The van der Waals surface area contributed by atoms with Crippen LogP contribution in [0.15, 0.2) is 54.9 Å². The average Bonchev–Trinajstić information content (AvgIpc) is 3.58. The van der Waals surface area contributed by atoms with E-state index in [1.54, 1.807) is 6.07 Å². The topological polar surface area (TPSA) is 72.2 Å². The fourth-order valence-electron chi connectivity index (χ4n) is 6.07. The molecule has 0 bridgehead atoms. The molecule has 1 unspecified atom stereocenters. The van der Waals surface area contributed by atoms with E-state index < -0.39 is 0 Å². The predicted molar refractivity (Wildman–Crippen MR) is 138 cm³/mol. The monoisotopic (exact) mass is 486 g/mol. The number of nitrogens with one attached hydrogen (secondary N) is 2. The number of para-hydroxylation sites is 1. The highest BCUT2D eigenvalue weighted by atomic mass is 19.1. The molecule has 0 spiro atoms. The second kappa shape index (κ2) is 9.54. The molecule has 1 atom stereocenters. The summed E-state index contributed by atoms with van der Waals surface area (Å²) in [6, 6.07) is 12.9. The Kier molecular flexibility index (Phi) is 6.09. The van der Waals surface area contributed by atoms with Crippen molar-refractivity contribution in [2.45, 2.75) is 43.9 Å². The molecule has 4 aromatic rings. The molecule has 7 heteroatoms. The quantitative estimate of drug-likeness (QED) is 0.275. The second-order valence-corrected chi connectivity index (χ2v) is 10.2. The van der Waals surface area contributed by atoms with Crippen molar-refractivity contribution < 1.29 is 14.0 Å². The molecule has 2 aromatic carbocycles. The molecule has 2 aromatic heterocycles. The molecule has 2 aliphatic heterocycles. The van der Waals surface area contributed by atoms with Crippen LogP contribution in [-0.2, 0) is 9.59 Å². The highest BCUT2D eigenvalue weighted by molar-refractivity contribution is 6.07. The number of imide groups is 1. The molecular formula is C29H31FN4O2. The van der Waals surface area contributed by atoms with Gasteiger partial charge in [0.1, 0.15) is 5.82 Å². The van der Waals surface area contributed by atoms with Crippen LogP contribution in [-0.4, -0.2) is 57.8 Å². The maximum Gasteiger partial charge on any atom is 0.237 e. The van der Waals surface area contributed by atoms with Gasteiger partial charge in [-0.25, -0.2) is 4.39 Å². The molecule has 186 valence electrons. The SMILES string of the molecule is O=C1CC(c2c[nH]c3ccccc23)C(=O)N1CCCCN1CCC(c2c[nH]c3ccc(F)cc23)CC1. The van der Waals surface area contributed by atoms with Gasteiger partial charge in [-0.3, -0.25) is 14.5 Å². The zero-order chi connectivity index (χ0) is 24.6. The van der Waals surface area contributed by atoms with E-state index in [9.17, 15) is 14.0 Å². The third-order valence-corrected chi connectivity index (χ3v) is 8.05. The predicted octanol–water partition coefficient (Wildman–Crippen LogP) is 5.29. The van der Waals surface area contributed by atoms with E-state index in [-0.39, 0.29) is 30.0 Å². The fraction of sp³-hybridized carbons (Fsp3) is 0.379. The van der Waals surface area contributed by atoms with Gasteiger partial charge in [0.2, 0.25) is 11.8 Å². The van der Waals surface area contributed by atoms with Crippen molar-refractivity contribution in [1.29, 1.82) is 0 Å². The van der Waals surface area contributed by atoms with E-state index >= 15 is 0 Å². The molecular weight excluding hydrogens is 455 g/mol. The zero-order valence-corrected chi connectivity index (χ0v) is 20.3. The molecule has 6 rings (SSSR count). The first-order valence-electron chi connectivity index (χ1n) is 13.0. The summed E-state index contributed by atoms with van der Waals surface area (Å²) in [5, 5.41) is 2.02. The summed E-state index contributed by atoms with van der Waals surface area (Å²) in [6.07, 6.45) is 8.06. The standard InChI is InChI=1S/C29H31FN4O2/c30-20-7-8-27-22(15-20)24(17-31-27)19-9-13-33(14-10-19)11-3-4-12-34-28(35)16-23(29(34)36)25-18-32-26-6-2-1-5-21(25)26/h1-2,5-8,15,17-19,23,31-32H,3-4,9-14,16H2. The Morgan fingerprint density at radius 1 is 0.861 bits per heavy atom. The number of benzene rings is 2. The molecule has 2 saturated heterocycles. The third-order valence-electron chi connectivity index (χ3n) is 8.05. The molecule has 0 radical (unpaired) electrons. The third kappa shape index (κ3) is 4.22. The number of amides is 2. The molecule has 0 saturated carbocycles. The van der Waals surface area contributed by atoms with Gasteiger partial charge in [-0.1, -0.05) is 18.2 Å². The molecule has 0 aliphatic carbocycles. The highest BCUT2D eigenvalue weighted by Crippen LogP contribution is 2.35. The number of rotatable bonds is 7. The summed E-state index contributed by atoms with van der Waals surface area (Å²) in [5.74, 6) is -0.265. The van der Waals surface area contributed by atoms with Crippen molar-refractivity contribution in [3.05, 3.63) is 71.8 Å². The van der Waals surface area contributed by atoms with Crippen LogP contribution >= 0.6 is 0 Å². The lowest BCUT2D eigenvalue weighted by Crippen LogP contribution is -2.35. The van der Waals surface area contributed by atoms with Gasteiger partial charge in [0.25, 0.3) is 0 Å². The first kappa shape index (κ1) is 23.0. The number of hydrogen-bond acceptors (Lipinski definition) is 3. The van der Waals surface area contributed by atoms with Crippen LogP contribution in [0.25, 0.3) is 21.8 Å². The van der Waals surface area contributed by atoms with Crippen LogP contribution in [0, 0.1) is 5.82 Å². The number of likely N-dealkylation sites (tertiary alicyclic amines) is 2. The lowest BCUT2D eigenvalue weighted by molar-refractivity contribution is -0.138. The van der Waals surface area contributed by atoms with E-state index in [0.29, 0.717) is 12.5 Å². The average molecular weight is 487 g/mol. The zero-order valence-electron chi connectivity index (χ0n) is 20.3. The minimum atomic E-state index is -0.384. The molecule has 36 heavy (non-hydrogen) atoms. The summed E-state index contributed by atoms with van der Waals surface area (Å²) in [5.41, 5.74) is 4.13. The molecule has 2 fully saturated rings. The number of carbonyl (C=O) groups excluding carboxylic acids is 2. The van der Waals surface area contributed by atoms with Crippen LogP contribution in [0.5, 0.6) is 0 Å². The van der Waals surface area contributed by atoms with Crippen LogP contribution in [0.3, 0.4) is 0 Å². The van der Waals surface area contributed by atoms with Gasteiger partial charge in [0, 0.05) is 47.2 Å². The van der Waals surface area contributed by atoms with Crippen molar-refractivity contribution >= 4 is 33.6 Å².